The van der Waals surface area contributed by atoms with Crippen LogP contribution in [0.4, 0.5) is 10.5 Å². The fraction of sp³-hybridized carbons (Fsp3) is 0.529. The summed E-state index contributed by atoms with van der Waals surface area (Å²) in [5.41, 5.74) is 1.35. The molecule has 1 aliphatic carbocycles. The lowest BCUT2D eigenvalue weighted by molar-refractivity contribution is -0.00673. The molecule has 1 aromatic rings. The van der Waals surface area contributed by atoms with E-state index in [4.69, 9.17) is 4.74 Å². The predicted octanol–water partition coefficient (Wildman–Crippen LogP) is 3.21. The molecule has 120 valence electrons. The van der Waals surface area contributed by atoms with Crippen LogP contribution in [0.3, 0.4) is 0 Å². The number of amides is 2. The summed E-state index contributed by atoms with van der Waals surface area (Å²) in [6, 6.07) is 6.94. The second-order valence-electron chi connectivity index (χ2n) is 5.94. The smallest absolute Gasteiger partial charge is 0.319 e. The lowest BCUT2D eigenvalue weighted by atomic mass is 9.89. The average molecular weight is 304 g/mol. The number of ketones is 1. The summed E-state index contributed by atoms with van der Waals surface area (Å²) in [7, 11) is 0. The Balaban J connectivity index is 1.79. The van der Waals surface area contributed by atoms with Gasteiger partial charge in [-0.25, -0.2) is 4.79 Å². The zero-order valence-corrected chi connectivity index (χ0v) is 13.4. The van der Waals surface area contributed by atoms with Crippen molar-refractivity contribution < 1.29 is 14.3 Å². The van der Waals surface area contributed by atoms with Gasteiger partial charge in [0, 0.05) is 29.8 Å². The molecule has 0 unspecified atom stereocenters. The van der Waals surface area contributed by atoms with Crippen molar-refractivity contribution in [3.05, 3.63) is 29.8 Å². The average Bonchev–Trinajstić information content (AvgIpc) is 2.45. The number of hydrogen-bond acceptors (Lipinski definition) is 3. The Bertz CT molecular complexity index is 519. The molecule has 2 amide bonds. The van der Waals surface area contributed by atoms with Gasteiger partial charge in [-0.3, -0.25) is 4.79 Å². The molecule has 2 rings (SSSR count). The van der Waals surface area contributed by atoms with Crippen molar-refractivity contribution in [2.45, 2.75) is 45.8 Å². The highest BCUT2D eigenvalue weighted by Gasteiger charge is 2.30. The van der Waals surface area contributed by atoms with E-state index >= 15 is 0 Å². The molecule has 2 N–H and O–H groups in total. The zero-order valence-electron chi connectivity index (χ0n) is 13.4. The van der Waals surface area contributed by atoms with Crippen LogP contribution in [-0.2, 0) is 4.74 Å². The standard InChI is InChI=1S/C17H24N2O3/c1-4-22-15-9-14(10-15)19-17(21)18-13-7-5-12(6-8-13)16(20)11(2)3/h5-8,11,14-15H,4,9-10H2,1-3H3,(H2,18,19,21). The van der Waals surface area contributed by atoms with E-state index in [1.807, 2.05) is 20.8 Å². The number of benzene rings is 1. The molecule has 0 radical (unpaired) electrons. The van der Waals surface area contributed by atoms with Crippen LogP contribution in [0.15, 0.2) is 24.3 Å². The lowest BCUT2D eigenvalue weighted by Crippen LogP contribution is -2.49. The van der Waals surface area contributed by atoms with Crippen molar-refractivity contribution in [1.29, 1.82) is 0 Å². The highest BCUT2D eigenvalue weighted by atomic mass is 16.5. The van der Waals surface area contributed by atoms with E-state index in [0.29, 0.717) is 17.9 Å². The summed E-state index contributed by atoms with van der Waals surface area (Å²) in [4.78, 5) is 23.7. The van der Waals surface area contributed by atoms with Gasteiger partial charge in [-0.2, -0.15) is 0 Å². The Kier molecular flexibility index (Phi) is 5.55. The molecule has 0 aliphatic heterocycles. The maximum Gasteiger partial charge on any atom is 0.319 e. The number of hydrogen-bond donors (Lipinski definition) is 2. The number of nitrogens with one attached hydrogen (secondary N) is 2. The summed E-state index contributed by atoms with van der Waals surface area (Å²) >= 11 is 0. The first-order chi connectivity index (χ1) is 10.5. The van der Waals surface area contributed by atoms with Crippen LogP contribution in [0.5, 0.6) is 0 Å². The van der Waals surface area contributed by atoms with Crippen LogP contribution in [-0.4, -0.2) is 30.6 Å². The second kappa shape index (κ2) is 7.40. The number of Topliss-reactive ketones (excluding diaryl/α,β-unsaturated/α-hetero) is 1. The summed E-state index contributed by atoms with van der Waals surface area (Å²) in [5, 5.41) is 5.69. The predicted molar refractivity (Wildman–Crippen MR) is 86.2 cm³/mol. The molecular weight excluding hydrogens is 280 g/mol. The summed E-state index contributed by atoms with van der Waals surface area (Å²) in [6.07, 6.45) is 2.00. The molecule has 5 heteroatoms. The third-order valence-electron chi connectivity index (χ3n) is 3.78. The molecule has 0 heterocycles. The van der Waals surface area contributed by atoms with Gasteiger partial charge in [0.2, 0.25) is 0 Å². The molecule has 0 atom stereocenters. The molecule has 0 bridgehead atoms. The molecule has 0 spiro atoms. The largest absolute Gasteiger partial charge is 0.378 e. The molecule has 1 fully saturated rings. The number of ether oxygens (including phenoxy) is 1. The molecular formula is C17H24N2O3. The van der Waals surface area contributed by atoms with Gasteiger partial charge in [0.1, 0.15) is 0 Å². The second-order valence-corrected chi connectivity index (χ2v) is 5.94. The Morgan fingerprint density at radius 3 is 2.41 bits per heavy atom. The minimum atomic E-state index is -0.220. The van der Waals surface area contributed by atoms with Crippen molar-refractivity contribution in [1.82, 2.24) is 5.32 Å². The molecule has 1 aromatic carbocycles. The molecule has 1 aliphatic rings. The van der Waals surface area contributed by atoms with Crippen molar-refractivity contribution in [2.24, 2.45) is 5.92 Å². The van der Waals surface area contributed by atoms with Crippen molar-refractivity contribution in [3.63, 3.8) is 0 Å². The van der Waals surface area contributed by atoms with E-state index in [9.17, 15) is 9.59 Å². The summed E-state index contributed by atoms with van der Waals surface area (Å²) in [5.74, 6) is 0.0754. The molecule has 5 nitrogen and oxygen atoms in total. The first kappa shape index (κ1) is 16.5. The van der Waals surface area contributed by atoms with Crippen LogP contribution in [0.25, 0.3) is 0 Å². The summed E-state index contributed by atoms with van der Waals surface area (Å²) in [6.45, 7) is 6.43. The van der Waals surface area contributed by atoms with Crippen molar-refractivity contribution >= 4 is 17.5 Å². The first-order valence-electron chi connectivity index (χ1n) is 7.83. The van der Waals surface area contributed by atoms with Crippen LogP contribution < -0.4 is 10.6 Å². The molecule has 1 saturated carbocycles. The Hall–Kier alpha value is -1.88. The van der Waals surface area contributed by atoms with E-state index in [2.05, 4.69) is 10.6 Å². The maximum atomic E-state index is 11.9. The van der Waals surface area contributed by atoms with Crippen LogP contribution in [0, 0.1) is 5.92 Å². The molecule has 22 heavy (non-hydrogen) atoms. The van der Waals surface area contributed by atoms with Crippen LogP contribution in [0.2, 0.25) is 0 Å². The van der Waals surface area contributed by atoms with Crippen molar-refractivity contribution in [2.75, 3.05) is 11.9 Å². The van der Waals surface area contributed by atoms with E-state index < -0.39 is 0 Å². The Labute approximate surface area is 131 Å². The number of anilines is 1. The van der Waals surface area contributed by atoms with Gasteiger partial charge >= 0.3 is 6.03 Å². The summed E-state index contributed by atoms with van der Waals surface area (Å²) < 4.78 is 5.46. The quantitative estimate of drug-likeness (QED) is 0.793. The van der Waals surface area contributed by atoms with Gasteiger partial charge in [-0.15, -0.1) is 0 Å². The third kappa shape index (κ3) is 4.31. The first-order valence-corrected chi connectivity index (χ1v) is 7.83. The number of carbonyl (C=O) groups is 2. The Morgan fingerprint density at radius 2 is 1.86 bits per heavy atom. The van der Waals surface area contributed by atoms with E-state index in [1.165, 1.54) is 0 Å². The highest BCUT2D eigenvalue weighted by Crippen LogP contribution is 2.23. The monoisotopic (exact) mass is 304 g/mol. The SMILES string of the molecule is CCOC1CC(NC(=O)Nc2ccc(C(=O)C(C)C)cc2)C1. The van der Waals surface area contributed by atoms with E-state index in [1.54, 1.807) is 24.3 Å². The number of carbonyl (C=O) groups excluding carboxylic acids is 2. The fourth-order valence-electron chi connectivity index (χ4n) is 2.46. The molecule has 0 aromatic heterocycles. The minimum Gasteiger partial charge on any atom is -0.378 e. The van der Waals surface area contributed by atoms with Gasteiger partial charge < -0.3 is 15.4 Å². The van der Waals surface area contributed by atoms with Crippen LogP contribution >= 0.6 is 0 Å². The van der Waals surface area contributed by atoms with Gasteiger partial charge in [-0.05, 0) is 44.0 Å². The molecule has 0 saturated heterocycles. The van der Waals surface area contributed by atoms with Gasteiger partial charge in [0.15, 0.2) is 5.78 Å². The Morgan fingerprint density at radius 1 is 1.23 bits per heavy atom. The van der Waals surface area contributed by atoms with E-state index in [0.717, 1.165) is 12.8 Å². The number of urea groups is 1. The van der Waals surface area contributed by atoms with Gasteiger partial charge in [0.25, 0.3) is 0 Å². The third-order valence-corrected chi connectivity index (χ3v) is 3.78. The fourth-order valence-corrected chi connectivity index (χ4v) is 2.46. The van der Waals surface area contributed by atoms with Crippen molar-refractivity contribution in [3.8, 4) is 0 Å². The normalized spacial score (nSPS) is 20.4. The van der Waals surface area contributed by atoms with Gasteiger partial charge in [0.05, 0.1) is 6.10 Å². The minimum absolute atomic E-state index is 0.0287. The van der Waals surface area contributed by atoms with Gasteiger partial charge in [-0.1, -0.05) is 13.8 Å². The maximum absolute atomic E-state index is 11.9. The zero-order chi connectivity index (χ0) is 16.1. The highest BCUT2D eigenvalue weighted by molar-refractivity contribution is 5.98. The van der Waals surface area contributed by atoms with E-state index in [-0.39, 0.29) is 29.9 Å². The lowest BCUT2D eigenvalue weighted by Gasteiger charge is -2.35. The topological polar surface area (TPSA) is 67.4 Å². The van der Waals surface area contributed by atoms with Crippen LogP contribution in [0.1, 0.15) is 44.0 Å². The number of rotatable bonds is 6.